The summed E-state index contributed by atoms with van der Waals surface area (Å²) in [5, 5.41) is 8.61. The summed E-state index contributed by atoms with van der Waals surface area (Å²) in [6.07, 6.45) is 12.7. The maximum atomic E-state index is 11.0. The average Bonchev–Trinajstić information content (AvgIpc) is 2.85. The second-order valence-electron chi connectivity index (χ2n) is 7.64. The van der Waals surface area contributed by atoms with Gasteiger partial charge in [-0.25, -0.2) is 9.59 Å². The number of esters is 1. The van der Waals surface area contributed by atoms with Crippen LogP contribution in [0.5, 0.6) is 0 Å². The van der Waals surface area contributed by atoms with Crippen molar-refractivity contribution in [1.29, 1.82) is 0 Å². The zero-order chi connectivity index (χ0) is 27.6. The number of methoxy groups -OCH3 is 1. The number of hydrogen-bond donors (Lipinski definition) is 2. The fourth-order valence-electron chi connectivity index (χ4n) is 3.21. The van der Waals surface area contributed by atoms with Crippen molar-refractivity contribution < 1.29 is 32.4 Å². The zero-order valence-corrected chi connectivity index (χ0v) is 22.3. The smallest absolute Gasteiger partial charge is 0.337 e. The second-order valence-corrected chi connectivity index (χ2v) is 13.7. The van der Waals surface area contributed by atoms with Gasteiger partial charge in [0.25, 0.3) is 10.1 Å². The zero-order valence-electron chi connectivity index (χ0n) is 20.5. The van der Waals surface area contributed by atoms with E-state index in [1.165, 1.54) is 43.5 Å². The van der Waals surface area contributed by atoms with Crippen molar-refractivity contribution in [2.24, 2.45) is 0 Å². The summed E-state index contributed by atoms with van der Waals surface area (Å²) in [5.74, 6) is -1.60. The topological polar surface area (TPSA) is 118 Å². The van der Waals surface area contributed by atoms with E-state index >= 15 is 0 Å². The Morgan fingerprint density at radius 2 is 1.28 bits per heavy atom. The van der Waals surface area contributed by atoms with Gasteiger partial charge in [-0.05, 0) is 30.3 Å². The van der Waals surface area contributed by atoms with E-state index in [1.807, 2.05) is 24.3 Å². The van der Waals surface area contributed by atoms with E-state index in [-0.39, 0.29) is 16.0 Å². The van der Waals surface area contributed by atoms with Crippen LogP contribution in [0, 0.1) is 0 Å². The molecular weight excluding hydrogens is 499 g/mol. The van der Waals surface area contributed by atoms with E-state index in [0.717, 1.165) is 24.6 Å². The number of carbonyl (C=O) groups is 2. The van der Waals surface area contributed by atoms with Gasteiger partial charge in [-0.15, -0.1) is 0 Å². The fourth-order valence-corrected chi connectivity index (χ4v) is 7.16. The standard InChI is InChI=1S/C12H21P.C9H8O4.C6H6O3S/c1-5-9-13(10-6-2,11-7-3)12-8-4;1-13-9(12)7-4-2-3-6(5-7)8(10)11;7-10(8,9)6-4-2-1-3-5-6/h5-8,13H,1-4,9-12H2;2-5H,1H3,(H,10,11);1-5H,(H,7,8,9). The van der Waals surface area contributed by atoms with Crippen LogP contribution in [-0.4, -0.2) is 61.8 Å². The Bertz CT molecular complexity index is 1080. The van der Waals surface area contributed by atoms with Crippen molar-refractivity contribution >= 4 is 29.3 Å². The summed E-state index contributed by atoms with van der Waals surface area (Å²) < 4.78 is 33.7. The molecule has 9 heteroatoms. The van der Waals surface area contributed by atoms with Crippen molar-refractivity contribution in [2.45, 2.75) is 4.90 Å². The van der Waals surface area contributed by atoms with Crippen LogP contribution in [0.25, 0.3) is 0 Å². The van der Waals surface area contributed by atoms with Crippen LogP contribution in [0.2, 0.25) is 0 Å². The number of allylic oxidation sites excluding steroid dienone is 4. The molecule has 36 heavy (non-hydrogen) atoms. The fraction of sp³-hybridized carbons (Fsp3) is 0.185. The van der Waals surface area contributed by atoms with Gasteiger partial charge in [0.15, 0.2) is 0 Å². The molecule has 0 saturated heterocycles. The van der Waals surface area contributed by atoms with E-state index in [0.29, 0.717) is 0 Å². The summed E-state index contributed by atoms with van der Waals surface area (Å²) in [4.78, 5) is 21.4. The van der Waals surface area contributed by atoms with Gasteiger partial charge in [0, 0.05) is 0 Å². The SMILES string of the molecule is C=CC[PH](CC=C)(CC=C)CC=C.COC(=O)c1cccc(C(=O)O)c1.O=S(=O)(O)c1ccccc1. The van der Waals surface area contributed by atoms with E-state index in [2.05, 4.69) is 31.1 Å². The van der Waals surface area contributed by atoms with Gasteiger partial charge in [0.2, 0.25) is 0 Å². The van der Waals surface area contributed by atoms with Gasteiger partial charge in [0.1, 0.15) is 0 Å². The van der Waals surface area contributed by atoms with Crippen molar-refractivity contribution in [2.75, 3.05) is 31.8 Å². The summed E-state index contributed by atoms with van der Waals surface area (Å²) in [6.45, 7) is 15.3. The minimum atomic E-state index is -4.00. The third-order valence-electron chi connectivity index (χ3n) is 4.88. The van der Waals surface area contributed by atoms with E-state index in [1.54, 1.807) is 18.2 Å². The molecule has 0 aliphatic carbocycles. The largest absolute Gasteiger partial charge is 0.478 e. The van der Waals surface area contributed by atoms with E-state index in [9.17, 15) is 18.0 Å². The van der Waals surface area contributed by atoms with Gasteiger partial charge in [0.05, 0.1) is 23.1 Å². The van der Waals surface area contributed by atoms with E-state index in [4.69, 9.17) is 9.66 Å². The molecule has 2 aromatic carbocycles. The molecule has 0 aromatic heterocycles. The Kier molecular flexibility index (Phi) is 15.6. The van der Waals surface area contributed by atoms with E-state index < -0.39 is 29.3 Å². The first-order chi connectivity index (χ1) is 17.0. The Morgan fingerprint density at radius 1 is 0.833 bits per heavy atom. The predicted octanol–water partition coefficient (Wildman–Crippen LogP) is 5.59. The molecule has 2 rings (SSSR count). The third-order valence-corrected chi connectivity index (χ3v) is 10.4. The maximum Gasteiger partial charge on any atom is 0.337 e. The molecule has 0 atom stereocenters. The molecule has 0 heterocycles. The Hall–Kier alpha value is -3.32. The number of aromatic carboxylic acids is 1. The summed E-state index contributed by atoms with van der Waals surface area (Å²) in [6, 6.07) is 13.1. The molecule has 0 saturated carbocycles. The molecule has 0 spiro atoms. The second kappa shape index (κ2) is 17.2. The number of hydrogen-bond acceptors (Lipinski definition) is 5. The molecule has 0 radical (unpaired) electrons. The van der Waals surface area contributed by atoms with Crippen molar-refractivity contribution in [3.8, 4) is 0 Å². The van der Waals surface area contributed by atoms with Crippen molar-refractivity contribution in [3.63, 3.8) is 0 Å². The molecule has 0 amide bonds. The average molecular weight is 535 g/mol. The number of benzene rings is 2. The van der Waals surface area contributed by atoms with Gasteiger partial charge in [-0.2, -0.15) is 8.42 Å². The molecule has 7 nitrogen and oxygen atoms in total. The minimum Gasteiger partial charge on any atom is -0.478 e. The summed E-state index contributed by atoms with van der Waals surface area (Å²) in [5.41, 5.74) is 0.310. The number of ether oxygens (including phenoxy) is 1. The van der Waals surface area contributed by atoms with Crippen LogP contribution in [-0.2, 0) is 14.9 Å². The molecule has 0 aliphatic heterocycles. The summed E-state index contributed by atoms with van der Waals surface area (Å²) >= 11 is 0. The maximum absolute atomic E-state index is 11.0. The van der Waals surface area contributed by atoms with Gasteiger partial charge in [-0.1, -0.05) is 24.3 Å². The number of rotatable bonds is 11. The molecule has 2 aromatic rings. The number of carbonyl (C=O) groups excluding carboxylic acids is 1. The first-order valence-electron chi connectivity index (χ1n) is 10.9. The van der Waals surface area contributed by atoms with Crippen LogP contribution in [0.4, 0.5) is 0 Å². The molecule has 0 fully saturated rings. The van der Waals surface area contributed by atoms with Crippen molar-refractivity contribution in [3.05, 3.63) is 116 Å². The van der Waals surface area contributed by atoms with Gasteiger partial charge in [-0.3, -0.25) is 4.55 Å². The number of carboxylic acids is 1. The molecule has 2 N–H and O–H groups in total. The molecule has 0 aliphatic rings. The Labute approximate surface area is 214 Å². The Balaban J connectivity index is 0.000000515. The third kappa shape index (κ3) is 12.4. The minimum absolute atomic E-state index is 0.0721. The first kappa shape index (κ1) is 32.7. The monoisotopic (exact) mass is 534 g/mol. The first-order valence-corrected chi connectivity index (χ1v) is 15.1. The van der Waals surface area contributed by atoms with Gasteiger partial charge >= 0.3 is 94.5 Å². The van der Waals surface area contributed by atoms with Crippen LogP contribution >= 0.6 is 7.26 Å². The van der Waals surface area contributed by atoms with Gasteiger partial charge < -0.3 is 9.84 Å². The molecular formula is C27H35O7PS. The normalized spacial score (nSPS) is 10.7. The van der Waals surface area contributed by atoms with Crippen LogP contribution in [0.3, 0.4) is 0 Å². The summed E-state index contributed by atoms with van der Waals surface area (Å²) in [7, 11) is -4.02. The molecule has 0 unspecified atom stereocenters. The molecule has 196 valence electrons. The van der Waals surface area contributed by atoms with Crippen LogP contribution < -0.4 is 0 Å². The Morgan fingerprint density at radius 3 is 1.61 bits per heavy atom. The van der Waals surface area contributed by atoms with Crippen LogP contribution in [0.1, 0.15) is 20.7 Å². The predicted molar refractivity (Wildman–Crippen MR) is 150 cm³/mol. The quantitative estimate of drug-likeness (QED) is 0.167. The van der Waals surface area contributed by atoms with Crippen LogP contribution in [0.15, 0.2) is 110 Å². The number of carboxylic acid groups (broad SMARTS) is 1. The molecule has 0 bridgehead atoms. The van der Waals surface area contributed by atoms with Crippen molar-refractivity contribution in [1.82, 2.24) is 0 Å².